The van der Waals surface area contributed by atoms with Crippen LogP contribution in [0.1, 0.15) is 16.2 Å². The zero-order chi connectivity index (χ0) is 21.1. The van der Waals surface area contributed by atoms with E-state index in [1.807, 2.05) is 0 Å². The SMILES string of the molecule is Nc1nonc1-n1nnc(C(=O)NN=Cc2ccco2)c1-c1ccc([N+](=O)[O-])cc1. The zero-order valence-electron chi connectivity index (χ0n) is 14.9. The van der Waals surface area contributed by atoms with E-state index < -0.39 is 10.8 Å². The second kappa shape index (κ2) is 7.63. The summed E-state index contributed by atoms with van der Waals surface area (Å²) in [6.45, 7) is 0. The molecule has 0 atom stereocenters. The number of nitro benzene ring substituents is 1. The molecule has 14 heteroatoms. The van der Waals surface area contributed by atoms with E-state index >= 15 is 0 Å². The van der Waals surface area contributed by atoms with Gasteiger partial charge in [0.1, 0.15) is 11.5 Å². The average molecular weight is 409 g/mol. The summed E-state index contributed by atoms with van der Waals surface area (Å²) in [4.78, 5) is 23.0. The molecule has 0 aliphatic carbocycles. The van der Waals surface area contributed by atoms with Crippen molar-refractivity contribution in [3.05, 3.63) is 64.2 Å². The Morgan fingerprint density at radius 1 is 1.27 bits per heavy atom. The molecule has 3 N–H and O–H groups in total. The molecule has 1 aromatic carbocycles. The molecule has 0 fully saturated rings. The van der Waals surface area contributed by atoms with Gasteiger partial charge in [-0.25, -0.2) is 10.1 Å². The number of nitrogen functional groups attached to an aromatic ring is 1. The van der Waals surface area contributed by atoms with Crippen molar-refractivity contribution in [3.8, 4) is 17.1 Å². The number of hydrogen-bond donors (Lipinski definition) is 2. The molecular weight excluding hydrogens is 398 g/mol. The number of hydrazone groups is 1. The van der Waals surface area contributed by atoms with E-state index in [0.717, 1.165) is 4.68 Å². The van der Waals surface area contributed by atoms with Crippen LogP contribution in [0.5, 0.6) is 0 Å². The van der Waals surface area contributed by atoms with Gasteiger partial charge in [-0.3, -0.25) is 14.9 Å². The number of aromatic nitrogens is 5. The monoisotopic (exact) mass is 409 g/mol. The van der Waals surface area contributed by atoms with E-state index in [2.05, 4.69) is 35.8 Å². The highest BCUT2D eigenvalue weighted by molar-refractivity contribution is 5.98. The van der Waals surface area contributed by atoms with E-state index in [1.165, 1.54) is 36.7 Å². The van der Waals surface area contributed by atoms with Gasteiger partial charge in [0.2, 0.25) is 11.6 Å². The topological polar surface area (TPSA) is 193 Å². The van der Waals surface area contributed by atoms with Gasteiger partial charge < -0.3 is 10.2 Å². The molecule has 4 rings (SSSR count). The second-order valence-corrected chi connectivity index (χ2v) is 5.69. The first-order valence-electron chi connectivity index (χ1n) is 8.20. The fourth-order valence-corrected chi connectivity index (χ4v) is 2.49. The van der Waals surface area contributed by atoms with Gasteiger partial charge in [-0.15, -0.1) is 5.10 Å². The summed E-state index contributed by atoms with van der Waals surface area (Å²) in [5.41, 5.74) is 8.30. The number of benzene rings is 1. The minimum Gasteiger partial charge on any atom is -0.463 e. The molecule has 30 heavy (non-hydrogen) atoms. The summed E-state index contributed by atoms with van der Waals surface area (Å²) >= 11 is 0. The number of anilines is 1. The lowest BCUT2D eigenvalue weighted by Gasteiger charge is -2.05. The first-order chi connectivity index (χ1) is 14.5. The van der Waals surface area contributed by atoms with Gasteiger partial charge in [-0.05, 0) is 34.6 Å². The molecule has 0 unspecified atom stereocenters. The highest BCUT2D eigenvalue weighted by atomic mass is 16.6. The third kappa shape index (κ3) is 3.47. The summed E-state index contributed by atoms with van der Waals surface area (Å²) in [6.07, 6.45) is 2.76. The number of amides is 1. The molecule has 0 aliphatic heterocycles. The van der Waals surface area contributed by atoms with Gasteiger partial charge in [0.25, 0.3) is 11.6 Å². The van der Waals surface area contributed by atoms with Crippen molar-refractivity contribution >= 4 is 23.6 Å². The molecule has 0 saturated heterocycles. The third-order valence-electron chi connectivity index (χ3n) is 3.83. The van der Waals surface area contributed by atoms with Crippen LogP contribution in [0, 0.1) is 10.1 Å². The Morgan fingerprint density at radius 2 is 2.07 bits per heavy atom. The van der Waals surface area contributed by atoms with Crippen molar-refractivity contribution in [2.24, 2.45) is 5.10 Å². The molecule has 0 saturated carbocycles. The van der Waals surface area contributed by atoms with Crippen LogP contribution < -0.4 is 11.2 Å². The fraction of sp³-hybridized carbons (Fsp3) is 0. The summed E-state index contributed by atoms with van der Waals surface area (Å²) in [7, 11) is 0. The molecular formula is C16H11N9O5. The van der Waals surface area contributed by atoms with Crippen molar-refractivity contribution in [1.82, 2.24) is 30.7 Å². The van der Waals surface area contributed by atoms with E-state index in [1.54, 1.807) is 12.1 Å². The number of furan rings is 1. The largest absolute Gasteiger partial charge is 0.463 e. The van der Waals surface area contributed by atoms with Crippen LogP contribution >= 0.6 is 0 Å². The van der Waals surface area contributed by atoms with Crippen LogP contribution in [0.15, 0.2) is 56.8 Å². The number of nitrogens with zero attached hydrogens (tertiary/aromatic N) is 7. The number of carbonyl (C=O) groups excluding carboxylic acids is 1. The smallest absolute Gasteiger partial charge is 0.294 e. The zero-order valence-corrected chi connectivity index (χ0v) is 14.9. The highest BCUT2D eigenvalue weighted by Gasteiger charge is 2.25. The quantitative estimate of drug-likeness (QED) is 0.265. The third-order valence-corrected chi connectivity index (χ3v) is 3.83. The normalized spacial score (nSPS) is 11.1. The summed E-state index contributed by atoms with van der Waals surface area (Å²) in [5.74, 6) is -0.372. The second-order valence-electron chi connectivity index (χ2n) is 5.69. The molecule has 4 aromatic rings. The van der Waals surface area contributed by atoms with Crippen molar-refractivity contribution in [2.75, 3.05) is 5.73 Å². The lowest BCUT2D eigenvalue weighted by atomic mass is 10.1. The minimum atomic E-state index is -0.701. The Balaban J connectivity index is 1.73. The molecule has 1 amide bonds. The van der Waals surface area contributed by atoms with Gasteiger partial charge in [0, 0.05) is 17.7 Å². The maximum atomic E-state index is 12.6. The lowest BCUT2D eigenvalue weighted by Crippen LogP contribution is -2.19. The predicted octanol–water partition coefficient (Wildman–Crippen LogP) is 1.16. The minimum absolute atomic E-state index is 0.00557. The summed E-state index contributed by atoms with van der Waals surface area (Å²) in [5, 5.41) is 29.6. The molecule has 0 spiro atoms. The van der Waals surface area contributed by atoms with Crippen LogP contribution in [0.4, 0.5) is 11.5 Å². The number of hydrogen-bond acceptors (Lipinski definition) is 11. The van der Waals surface area contributed by atoms with E-state index in [-0.39, 0.29) is 28.7 Å². The van der Waals surface area contributed by atoms with Crippen LogP contribution in [-0.2, 0) is 0 Å². The van der Waals surface area contributed by atoms with Gasteiger partial charge in [-0.1, -0.05) is 5.21 Å². The Labute approximate surface area is 166 Å². The van der Waals surface area contributed by atoms with Crippen LogP contribution in [0.2, 0.25) is 0 Å². The van der Waals surface area contributed by atoms with Crippen LogP contribution in [0.25, 0.3) is 17.1 Å². The number of carbonyl (C=O) groups is 1. The van der Waals surface area contributed by atoms with E-state index in [0.29, 0.717) is 11.3 Å². The highest BCUT2D eigenvalue weighted by Crippen LogP contribution is 2.28. The Kier molecular flexibility index (Phi) is 4.70. The number of nitro groups is 1. The van der Waals surface area contributed by atoms with E-state index in [9.17, 15) is 14.9 Å². The Hall–Kier alpha value is -4.88. The number of rotatable bonds is 6. The van der Waals surface area contributed by atoms with Crippen molar-refractivity contribution in [1.29, 1.82) is 0 Å². The number of non-ortho nitro benzene ring substituents is 1. The van der Waals surface area contributed by atoms with Crippen LogP contribution in [0.3, 0.4) is 0 Å². The van der Waals surface area contributed by atoms with Gasteiger partial charge in [0.05, 0.1) is 17.4 Å². The molecule has 0 aliphatic rings. The Bertz CT molecular complexity index is 1220. The molecule has 150 valence electrons. The first-order valence-corrected chi connectivity index (χ1v) is 8.20. The number of nitrogens with one attached hydrogen (secondary N) is 1. The van der Waals surface area contributed by atoms with Crippen molar-refractivity contribution < 1.29 is 18.8 Å². The number of nitrogens with two attached hydrogens (primary N) is 1. The van der Waals surface area contributed by atoms with Crippen molar-refractivity contribution in [3.63, 3.8) is 0 Å². The molecule has 0 bridgehead atoms. The Morgan fingerprint density at radius 3 is 2.70 bits per heavy atom. The molecule has 3 aromatic heterocycles. The first kappa shape index (κ1) is 18.5. The standard InChI is InChI=1S/C16H11N9O5/c17-14-15(22-30-21-14)24-13(9-3-5-10(6-4-9)25(27)28)12(19-23-24)16(26)20-18-8-11-2-1-7-29-11/h1-8H,(H2,17,21)(H,20,26). The molecule has 0 radical (unpaired) electrons. The van der Waals surface area contributed by atoms with Crippen molar-refractivity contribution in [2.45, 2.75) is 0 Å². The summed E-state index contributed by atoms with van der Waals surface area (Å²) in [6, 6.07) is 8.72. The van der Waals surface area contributed by atoms with Gasteiger partial charge in [-0.2, -0.15) is 9.78 Å². The predicted molar refractivity (Wildman–Crippen MR) is 99.5 cm³/mol. The average Bonchev–Trinajstić information content (AvgIpc) is 3.48. The summed E-state index contributed by atoms with van der Waals surface area (Å²) < 4.78 is 10.8. The van der Waals surface area contributed by atoms with Gasteiger partial charge >= 0.3 is 0 Å². The fourth-order valence-electron chi connectivity index (χ4n) is 2.49. The lowest BCUT2D eigenvalue weighted by molar-refractivity contribution is -0.384. The molecule has 14 nitrogen and oxygen atoms in total. The van der Waals surface area contributed by atoms with Crippen LogP contribution in [-0.4, -0.2) is 42.4 Å². The van der Waals surface area contributed by atoms with Gasteiger partial charge in [0.15, 0.2) is 5.69 Å². The maximum Gasteiger partial charge on any atom is 0.294 e. The van der Waals surface area contributed by atoms with E-state index in [4.69, 9.17) is 10.2 Å². The molecule has 3 heterocycles. The maximum absolute atomic E-state index is 12.6.